The minimum absolute atomic E-state index is 0.0619. The van der Waals surface area contributed by atoms with Crippen molar-refractivity contribution in [2.24, 2.45) is 11.1 Å². The number of hydrogen-bond donors (Lipinski definition) is 1. The summed E-state index contributed by atoms with van der Waals surface area (Å²) >= 11 is 5.75. The van der Waals surface area contributed by atoms with Gasteiger partial charge in [-0.15, -0.1) is 0 Å². The van der Waals surface area contributed by atoms with Crippen molar-refractivity contribution in [3.05, 3.63) is 34.9 Å². The third kappa shape index (κ3) is 6.63. The zero-order valence-corrected chi connectivity index (χ0v) is 11.2. The molecule has 0 aliphatic rings. The number of ether oxygens (including phenoxy) is 1. The van der Waals surface area contributed by atoms with Crippen LogP contribution in [0.5, 0.6) is 0 Å². The standard InChI is InChI=1S/C11H16ClNO3S/c1-9(8-17(13,14)15)6-16-7-10-2-4-11(12)5-3-10/h2-5,9H,6-8H2,1H3,(H2,13,14,15). The summed E-state index contributed by atoms with van der Waals surface area (Å²) in [6, 6.07) is 7.31. The Hall–Kier alpha value is -0.620. The van der Waals surface area contributed by atoms with Crippen LogP contribution in [0.1, 0.15) is 12.5 Å². The molecule has 0 heterocycles. The van der Waals surface area contributed by atoms with Gasteiger partial charge in [-0.1, -0.05) is 30.7 Å². The lowest BCUT2D eigenvalue weighted by Gasteiger charge is -2.10. The van der Waals surface area contributed by atoms with Crippen molar-refractivity contribution < 1.29 is 13.2 Å². The topological polar surface area (TPSA) is 69.4 Å². The van der Waals surface area contributed by atoms with Gasteiger partial charge < -0.3 is 4.74 Å². The summed E-state index contributed by atoms with van der Waals surface area (Å²) in [5, 5.41) is 5.62. The van der Waals surface area contributed by atoms with Crippen LogP contribution in [0.15, 0.2) is 24.3 Å². The number of benzene rings is 1. The summed E-state index contributed by atoms with van der Waals surface area (Å²) in [7, 11) is -3.42. The van der Waals surface area contributed by atoms with E-state index < -0.39 is 10.0 Å². The zero-order chi connectivity index (χ0) is 12.9. The van der Waals surface area contributed by atoms with Gasteiger partial charge in [0.2, 0.25) is 10.0 Å². The predicted octanol–water partition coefficient (Wildman–Crippen LogP) is 1.78. The van der Waals surface area contributed by atoms with Crippen LogP contribution >= 0.6 is 11.6 Å². The first-order valence-electron chi connectivity index (χ1n) is 5.19. The van der Waals surface area contributed by atoms with Gasteiger partial charge in [0, 0.05) is 5.02 Å². The van der Waals surface area contributed by atoms with Crippen LogP contribution in [0.4, 0.5) is 0 Å². The molecular weight excluding hydrogens is 262 g/mol. The van der Waals surface area contributed by atoms with Crippen LogP contribution in [-0.2, 0) is 21.4 Å². The van der Waals surface area contributed by atoms with Gasteiger partial charge >= 0.3 is 0 Å². The Morgan fingerprint density at radius 3 is 2.47 bits per heavy atom. The van der Waals surface area contributed by atoms with Gasteiger partial charge in [-0.25, -0.2) is 13.6 Å². The fourth-order valence-electron chi connectivity index (χ4n) is 1.40. The van der Waals surface area contributed by atoms with Gasteiger partial charge in [-0.3, -0.25) is 0 Å². The highest BCUT2D eigenvalue weighted by atomic mass is 35.5. The van der Waals surface area contributed by atoms with Crippen molar-refractivity contribution in [3.8, 4) is 0 Å². The molecule has 6 heteroatoms. The van der Waals surface area contributed by atoms with Crippen molar-refractivity contribution in [3.63, 3.8) is 0 Å². The number of sulfonamides is 1. The largest absolute Gasteiger partial charge is 0.376 e. The Bertz CT molecular complexity index is 444. The van der Waals surface area contributed by atoms with E-state index in [2.05, 4.69) is 0 Å². The van der Waals surface area contributed by atoms with Crippen molar-refractivity contribution >= 4 is 21.6 Å². The molecule has 1 unspecified atom stereocenters. The summed E-state index contributed by atoms with van der Waals surface area (Å²) in [6.45, 7) is 2.58. The van der Waals surface area contributed by atoms with E-state index in [1.165, 1.54) is 0 Å². The molecule has 4 nitrogen and oxygen atoms in total. The lowest BCUT2D eigenvalue weighted by atomic mass is 10.2. The van der Waals surface area contributed by atoms with E-state index in [4.69, 9.17) is 21.5 Å². The number of rotatable bonds is 6. The maximum Gasteiger partial charge on any atom is 0.209 e. The first-order valence-corrected chi connectivity index (χ1v) is 7.29. The average molecular weight is 278 g/mol. The van der Waals surface area contributed by atoms with Gasteiger partial charge in [0.25, 0.3) is 0 Å². The van der Waals surface area contributed by atoms with Gasteiger partial charge in [0.05, 0.1) is 19.0 Å². The van der Waals surface area contributed by atoms with Crippen molar-refractivity contribution in [2.75, 3.05) is 12.4 Å². The highest BCUT2D eigenvalue weighted by Crippen LogP contribution is 2.10. The fraction of sp³-hybridized carbons (Fsp3) is 0.455. The molecule has 0 saturated carbocycles. The molecule has 96 valence electrons. The van der Waals surface area contributed by atoms with E-state index in [1.54, 1.807) is 19.1 Å². The quantitative estimate of drug-likeness (QED) is 0.862. The van der Waals surface area contributed by atoms with E-state index in [1.807, 2.05) is 12.1 Å². The second-order valence-electron chi connectivity index (χ2n) is 4.08. The molecule has 0 aliphatic heterocycles. The Kier molecular flexibility index (Phi) is 5.39. The number of nitrogens with two attached hydrogens (primary N) is 1. The summed E-state index contributed by atoms with van der Waals surface area (Å²) in [6.07, 6.45) is 0. The molecule has 1 aromatic carbocycles. The summed E-state index contributed by atoms with van der Waals surface area (Å²) in [4.78, 5) is 0. The molecule has 1 aromatic rings. The van der Waals surface area contributed by atoms with E-state index in [-0.39, 0.29) is 11.7 Å². The Labute approximate surface area is 107 Å². The van der Waals surface area contributed by atoms with E-state index in [9.17, 15) is 8.42 Å². The van der Waals surface area contributed by atoms with Gasteiger partial charge in [-0.05, 0) is 23.6 Å². The van der Waals surface area contributed by atoms with Crippen molar-refractivity contribution in [1.29, 1.82) is 0 Å². The summed E-state index contributed by atoms with van der Waals surface area (Å²) < 4.78 is 27.0. The van der Waals surface area contributed by atoms with Crippen LogP contribution in [0.25, 0.3) is 0 Å². The number of hydrogen-bond acceptors (Lipinski definition) is 3. The Morgan fingerprint density at radius 2 is 1.94 bits per heavy atom. The molecule has 0 spiro atoms. The molecule has 17 heavy (non-hydrogen) atoms. The molecular formula is C11H16ClNO3S. The Balaban J connectivity index is 2.30. The molecule has 0 aliphatic carbocycles. The molecule has 0 fully saturated rings. The van der Waals surface area contributed by atoms with Crippen LogP contribution < -0.4 is 5.14 Å². The van der Waals surface area contributed by atoms with Crippen molar-refractivity contribution in [1.82, 2.24) is 0 Å². The van der Waals surface area contributed by atoms with Crippen LogP contribution in [0.2, 0.25) is 5.02 Å². The normalized spacial score (nSPS) is 13.6. The average Bonchev–Trinajstić information content (AvgIpc) is 2.18. The monoisotopic (exact) mass is 277 g/mol. The van der Waals surface area contributed by atoms with E-state index in [0.29, 0.717) is 18.2 Å². The van der Waals surface area contributed by atoms with Crippen molar-refractivity contribution in [2.45, 2.75) is 13.5 Å². The molecule has 0 radical (unpaired) electrons. The van der Waals surface area contributed by atoms with Gasteiger partial charge in [0.15, 0.2) is 0 Å². The maximum atomic E-state index is 10.8. The summed E-state index contributed by atoms with van der Waals surface area (Å²) in [5.41, 5.74) is 0.997. The van der Waals surface area contributed by atoms with Crippen LogP contribution in [0.3, 0.4) is 0 Å². The second-order valence-corrected chi connectivity index (χ2v) is 6.17. The van der Waals surface area contributed by atoms with E-state index >= 15 is 0 Å². The molecule has 0 saturated heterocycles. The highest BCUT2D eigenvalue weighted by molar-refractivity contribution is 7.89. The molecule has 0 bridgehead atoms. The second kappa shape index (κ2) is 6.35. The molecule has 0 amide bonds. The lowest BCUT2D eigenvalue weighted by Crippen LogP contribution is -2.24. The van der Waals surface area contributed by atoms with Gasteiger partial charge in [-0.2, -0.15) is 0 Å². The lowest BCUT2D eigenvalue weighted by molar-refractivity contribution is 0.0978. The van der Waals surface area contributed by atoms with Crippen LogP contribution in [-0.4, -0.2) is 20.8 Å². The molecule has 1 rings (SSSR count). The maximum absolute atomic E-state index is 10.8. The third-order valence-corrected chi connectivity index (χ3v) is 3.39. The highest BCUT2D eigenvalue weighted by Gasteiger charge is 2.10. The molecule has 0 aromatic heterocycles. The van der Waals surface area contributed by atoms with Crippen LogP contribution in [0, 0.1) is 5.92 Å². The predicted molar refractivity (Wildman–Crippen MR) is 68.2 cm³/mol. The summed E-state index contributed by atoms with van der Waals surface area (Å²) in [5.74, 6) is -0.175. The minimum atomic E-state index is -3.42. The first-order chi connectivity index (χ1) is 7.87. The van der Waals surface area contributed by atoms with Gasteiger partial charge in [0.1, 0.15) is 0 Å². The smallest absolute Gasteiger partial charge is 0.209 e. The SMILES string of the molecule is CC(COCc1ccc(Cl)cc1)CS(N)(=O)=O. The fourth-order valence-corrected chi connectivity index (χ4v) is 2.42. The third-order valence-electron chi connectivity index (χ3n) is 2.10. The minimum Gasteiger partial charge on any atom is -0.376 e. The zero-order valence-electron chi connectivity index (χ0n) is 9.60. The first kappa shape index (κ1) is 14.4. The molecule has 2 N–H and O–H groups in total. The number of halogens is 1. The molecule has 1 atom stereocenters. The van der Waals surface area contributed by atoms with E-state index in [0.717, 1.165) is 5.56 Å². The number of primary sulfonamides is 1. The Morgan fingerprint density at radius 1 is 1.35 bits per heavy atom.